The zero-order chi connectivity index (χ0) is 28.7. The van der Waals surface area contributed by atoms with Gasteiger partial charge in [0.25, 0.3) is 0 Å². The maximum absolute atomic E-state index is 5.25. The Morgan fingerprint density at radius 1 is 0.634 bits per heavy atom. The van der Waals surface area contributed by atoms with Gasteiger partial charge in [-0.1, -0.05) is 64.8 Å². The number of nitrogens with zero attached hydrogens (tertiary/aromatic N) is 5. The van der Waals surface area contributed by atoms with Gasteiger partial charge in [0.2, 0.25) is 0 Å². The lowest BCUT2D eigenvalue weighted by Gasteiger charge is -2.23. The van der Waals surface area contributed by atoms with Gasteiger partial charge in [-0.25, -0.2) is 4.98 Å². The fourth-order valence-electron chi connectivity index (χ4n) is 5.63. The van der Waals surface area contributed by atoms with E-state index in [0.29, 0.717) is 0 Å². The average Bonchev–Trinajstić information content (AvgIpc) is 3.50. The third-order valence-electron chi connectivity index (χ3n) is 8.13. The molecule has 0 unspecified atom stereocenters. The van der Waals surface area contributed by atoms with Crippen molar-refractivity contribution in [1.29, 1.82) is 0 Å². The zero-order valence-corrected chi connectivity index (χ0v) is 24.8. The van der Waals surface area contributed by atoms with Crippen LogP contribution in [0, 0.1) is 6.92 Å². The molecule has 7 aromatic rings. The lowest BCUT2D eigenvalue weighted by atomic mass is 9.82. The van der Waals surface area contributed by atoms with E-state index in [9.17, 15) is 0 Å². The van der Waals surface area contributed by atoms with Crippen LogP contribution in [-0.2, 0) is 5.41 Å². The Morgan fingerprint density at radius 3 is 1.71 bits per heavy atom. The van der Waals surface area contributed by atoms with Crippen LogP contribution in [0.5, 0.6) is 0 Å². The first-order chi connectivity index (χ1) is 19.9. The van der Waals surface area contributed by atoms with Gasteiger partial charge >= 0.3 is 0 Å². The molecule has 5 heterocycles. The highest BCUT2D eigenvalue weighted by atomic mass is 15.1. The van der Waals surface area contributed by atoms with Crippen molar-refractivity contribution in [3.05, 3.63) is 103 Å². The number of aromatic nitrogens is 5. The number of pyridine rings is 3. The molecule has 0 saturated carbocycles. The first-order valence-corrected chi connectivity index (χ1v) is 14.6. The summed E-state index contributed by atoms with van der Waals surface area (Å²) in [5, 5.41) is 4.67. The molecule has 0 bridgehead atoms. The number of benzene rings is 2. The normalized spacial score (nSPS) is 11.9. The Labute approximate surface area is 241 Å². The highest BCUT2D eigenvalue weighted by Crippen LogP contribution is 2.36. The SMILES string of the molecule is CCC.CCC(C)(C)c1ccc2c(c1)c1cnccc1n2-c1cccc(-n2c3ccncc3c3cc(C)ccc32)n1. The molecule has 0 atom stereocenters. The first-order valence-electron chi connectivity index (χ1n) is 14.6. The molecule has 0 radical (unpaired) electrons. The molecule has 0 amide bonds. The van der Waals surface area contributed by atoms with E-state index < -0.39 is 0 Å². The van der Waals surface area contributed by atoms with Crippen LogP contribution in [0.2, 0.25) is 0 Å². The van der Waals surface area contributed by atoms with Gasteiger partial charge in [0.15, 0.2) is 0 Å². The van der Waals surface area contributed by atoms with E-state index in [1.54, 1.807) is 0 Å². The van der Waals surface area contributed by atoms with Crippen molar-refractivity contribution in [3.63, 3.8) is 0 Å². The van der Waals surface area contributed by atoms with Gasteiger partial charge < -0.3 is 0 Å². The molecule has 5 nitrogen and oxygen atoms in total. The van der Waals surface area contributed by atoms with Crippen molar-refractivity contribution in [2.45, 2.75) is 59.8 Å². The van der Waals surface area contributed by atoms with Crippen molar-refractivity contribution in [1.82, 2.24) is 24.1 Å². The summed E-state index contributed by atoms with van der Waals surface area (Å²) < 4.78 is 4.50. The molecule has 0 N–H and O–H groups in total. The molecule has 0 fully saturated rings. The number of aryl methyl sites for hydroxylation is 1. The largest absolute Gasteiger partial charge is 0.294 e. The summed E-state index contributed by atoms with van der Waals surface area (Å²) >= 11 is 0. The maximum atomic E-state index is 5.25. The van der Waals surface area contributed by atoms with Gasteiger partial charge in [-0.3, -0.25) is 19.1 Å². The van der Waals surface area contributed by atoms with Gasteiger partial charge in [0, 0.05) is 46.3 Å². The van der Waals surface area contributed by atoms with Crippen LogP contribution in [0.25, 0.3) is 55.2 Å². The summed E-state index contributed by atoms with van der Waals surface area (Å²) in [6.07, 6.45) is 9.97. The predicted octanol–water partition coefficient (Wildman–Crippen LogP) is 9.48. The Hall–Kier alpha value is -4.51. The van der Waals surface area contributed by atoms with Crippen molar-refractivity contribution in [2.24, 2.45) is 0 Å². The first kappa shape index (κ1) is 26.7. The Balaban J connectivity index is 0.000000967. The van der Waals surface area contributed by atoms with Gasteiger partial charge in [-0.05, 0) is 72.9 Å². The van der Waals surface area contributed by atoms with Gasteiger partial charge in [-0.15, -0.1) is 0 Å². The zero-order valence-electron chi connectivity index (χ0n) is 24.8. The van der Waals surface area contributed by atoms with Crippen LogP contribution in [0.15, 0.2) is 91.5 Å². The molecule has 0 aliphatic rings. The molecular weight excluding hydrogens is 502 g/mol. The second kappa shape index (κ2) is 10.5. The second-order valence-corrected chi connectivity index (χ2v) is 11.5. The van der Waals surface area contributed by atoms with Crippen LogP contribution in [-0.4, -0.2) is 24.1 Å². The molecule has 5 aromatic heterocycles. The van der Waals surface area contributed by atoms with Crippen LogP contribution in [0.3, 0.4) is 0 Å². The fraction of sp³-hybridized carbons (Fsp3) is 0.250. The Kier molecular flexibility index (Phi) is 6.82. The minimum Gasteiger partial charge on any atom is -0.294 e. The molecule has 7 rings (SSSR count). The van der Waals surface area contributed by atoms with E-state index in [4.69, 9.17) is 4.98 Å². The molecule has 0 aliphatic heterocycles. The third kappa shape index (κ3) is 4.46. The summed E-state index contributed by atoms with van der Waals surface area (Å²) in [4.78, 5) is 14.1. The summed E-state index contributed by atoms with van der Waals surface area (Å²) in [5.41, 5.74) is 7.14. The van der Waals surface area contributed by atoms with Gasteiger partial charge in [0.05, 0.1) is 22.1 Å². The molecular formula is C36H37N5. The van der Waals surface area contributed by atoms with E-state index in [0.717, 1.165) is 50.9 Å². The fourth-order valence-corrected chi connectivity index (χ4v) is 5.63. The van der Waals surface area contributed by atoms with Crippen LogP contribution < -0.4 is 0 Å². The second-order valence-electron chi connectivity index (χ2n) is 11.5. The highest BCUT2D eigenvalue weighted by Gasteiger charge is 2.21. The molecule has 0 saturated heterocycles. The molecule has 206 valence electrons. The van der Waals surface area contributed by atoms with Crippen LogP contribution in [0.1, 0.15) is 58.6 Å². The monoisotopic (exact) mass is 539 g/mol. The number of rotatable bonds is 4. The minimum absolute atomic E-state index is 0.104. The minimum atomic E-state index is 0.104. The quantitative estimate of drug-likeness (QED) is 0.224. The summed E-state index contributed by atoms with van der Waals surface area (Å²) in [6, 6.07) is 23.8. The van der Waals surface area contributed by atoms with Gasteiger partial charge in [-0.2, -0.15) is 0 Å². The molecule has 0 spiro atoms. The Morgan fingerprint density at radius 2 is 1.15 bits per heavy atom. The predicted molar refractivity (Wildman–Crippen MR) is 173 cm³/mol. The van der Waals surface area contributed by atoms with E-state index in [-0.39, 0.29) is 5.41 Å². The van der Waals surface area contributed by atoms with E-state index in [1.165, 1.54) is 28.3 Å². The highest BCUT2D eigenvalue weighted by molar-refractivity contribution is 6.10. The van der Waals surface area contributed by atoms with Crippen molar-refractivity contribution >= 4 is 43.6 Å². The van der Waals surface area contributed by atoms with E-state index in [1.807, 2.05) is 24.8 Å². The molecule has 0 aliphatic carbocycles. The summed E-state index contributed by atoms with van der Waals surface area (Å²) in [7, 11) is 0. The maximum Gasteiger partial charge on any atom is 0.140 e. The van der Waals surface area contributed by atoms with Gasteiger partial charge in [0.1, 0.15) is 11.6 Å². The number of hydrogen-bond donors (Lipinski definition) is 0. The smallest absolute Gasteiger partial charge is 0.140 e. The van der Waals surface area contributed by atoms with Crippen molar-refractivity contribution in [2.75, 3.05) is 0 Å². The number of hydrogen-bond acceptors (Lipinski definition) is 3. The molecule has 5 heteroatoms. The third-order valence-corrected chi connectivity index (χ3v) is 8.13. The van der Waals surface area contributed by atoms with E-state index in [2.05, 4.69) is 127 Å². The van der Waals surface area contributed by atoms with E-state index >= 15 is 0 Å². The summed E-state index contributed by atoms with van der Waals surface area (Å²) in [6.45, 7) is 13.2. The van der Waals surface area contributed by atoms with Crippen LogP contribution in [0.4, 0.5) is 0 Å². The topological polar surface area (TPSA) is 48.5 Å². The number of fused-ring (bicyclic) bond motifs is 6. The van der Waals surface area contributed by atoms with Crippen molar-refractivity contribution in [3.8, 4) is 11.6 Å². The lowest BCUT2D eigenvalue weighted by molar-refractivity contribution is 0.507. The average molecular weight is 540 g/mol. The molecule has 2 aromatic carbocycles. The Bertz CT molecular complexity index is 2030. The summed E-state index contributed by atoms with van der Waals surface area (Å²) in [5.74, 6) is 1.76. The van der Waals surface area contributed by atoms with Crippen molar-refractivity contribution < 1.29 is 0 Å². The lowest BCUT2D eigenvalue weighted by Crippen LogP contribution is -2.15. The molecule has 41 heavy (non-hydrogen) atoms. The van der Waals surface area contributed by atoms with Crippen LogP contribution >= 0.6 is 0 Å². The standard InChI is InChI=1S/C33H29N5.C3H8/c1-5-33(3,4)22-10-12-28-24(18-22)26-20-35-16-14-30(26)38(28)32-8-6-7-31(36-32)37-27-11-9-21(2)17-23(27)25-19-34-15-13-29(25)37;1-3-2/h6-20H,5H2,1-4H3;3H2,1-2H3.